The van der Waals surface area contributed by atoms with E-state index in [0.717, 1.165) is 77.1 Å². The molecule has 0 heterocycles. The van der Waals surface area contributed by atoms with Gasteiger partial charge in [-0.15, -0.1) is 0 Å². The molecule has 0 radical (unpaired) electrons. The molecular weight excluding hydrogens is 751 g/mol. The molecule has 7 aromatic rings. The number of phenolic OH excluding ortho intramolecular Hbond substituents is 4. The third-order valence-corrected chi connectivity index (χ3v) is 13.3. The Hall–Kier alpha value is -7.24. The van der Waals surface area contributed by atoms with Crippen LogP contribution in [0.3, 0.4) is 0 Å². The first-order chi connectivity index (χ1) is 29.9. The Kier molecular flexibility index (Phi) is 8.75. The van der Waals surface area contributed by atoms with Crippen LogP contribution in [0.1, 0.15) is 54.9 Å². The second kappa shape index (κ2) is 14.5. The SMILES string of the molecule is CC1CC=CC2=C1C1=C(CCc3ccc(-c4ccc(N(c5ccccc5)c5c(O)c(O)c(-c6cc7c(c8ccccc68)CCC=C7)c(O)c5O)c(-c5ccccc5)c4)cc31)C2. The Bertz CT molecular complexity index is 3050. The molecule has 0 spiro atoms. The van der Waals surface area contributed by atoms with Gasteiger partial charge in [-0.25, -0.2) is 0 Å². The van der Waals surface area contributed by atoms with E-state index in [1.54, 1.807) is 10.5 Å². The average Bonchev–Trinajstić information content (AvgIpc) is 3.71. The van der Waals surface area contributed by atoms with Crippen LogP contribution in [0.25, 0.3) is 55.8 Å². The molecule has 5 nitrogen and oxygen atoms in total. The number of benzene rings is 7. The monoisotopic (exact) mass is 795 g/mol. The van der Waals surface area contributed by atoms with Crippen LogP contribution in [0.2, 0.25) is 0 Å². The van der Waals surface area contributed by atoms with Crippen LogP contribution in [0.15, 0.2) is 162 Å². The molecule has 0 aliphatic heterocycles. The third-order valence-electron chi connectivity index (χ3n) is 13.3. The van der Waals surface area contributed by atoms with Crippen LogP contribution in [-0.4, -0.2) is 20.4 Å². The summed E-state index contributed by atoms with van der Waals surface area (Å²) in [6.07, 6.45) is 14.9. The highest BCUT2D eigenvalue weighted by molar-refractivity contribution is 6.06. The second-order valence-corrected chi connectivity index (χ2v) is 16.9. The Morgan fingerprint density at radius 2 is 1.26 bits per heavy atom. The van der Waals surface area contributed by atoms with Gasteiger partial charge in [0, 0.05) is 11.3 Å². The van der Waals surface area contributed by atoms with Crippen molar-refractivity contribution in [1.82, 2.24) is 0 Å². The van der Waals surface area contributed by atoms with E-state index in [9.17, 15) is 20.4 Å². The topological polar surface area (TPSA) is 84.2 Å². The zero-order chi connectivity index (χ0) is 41.4. The highest BCUT2D eigenvalue weighted by atomic mass is 16.3. The number of para-hydroxylation sites is 1. The smallest absolute Gasteiger partial charge is 0.186 e. The van der Waals surface area contributed by atoms with Gasteiger partial charge in [-0.05, 0) is 153 Å². The summed E-state index contributed by atoms with van der Waals surface area (Å²) in [5.41, 5.74) is 16.4. The van der Waals surface area contributed by atoms with Gasteiger partial charge >= 0.3 is 0 Å². The number of phenols is 4. The predicted molar refractivity (Wildman–Crippen MR) is 249 cm³/mol. The number of hydrogen-bond acceptors (Lipinski definition) is 5. The van der Waals surface area contributed by atoms with E-state index < -0.39 is 23.0 Å². The predicted octanol–water partition coefficient (Wildman–Crippen LogP) is 14.1. The zero-order valence-corrected chi connectivity index (χ0v) is 34.0. The van der Waals surface area contributed by atoms with Gasteiger partial charge in [0.15, 0.2) is 23.0 Å². The Morgan fingerprint density at radius 3 is 2.03 bits per heavy atom. The van der Waals surface area contributed by atoms with Crippen LogP contribution in [0.5, 0.6) is 23.0 Å². The minimum atomic E-state index is -0.551. The normalized spacial score (nSPS) is 16.4. The Labute approximate surface area is 355 Å². The molecule has 61 heavy (non-hydrogen) atoms. The summed E-state index contributed by atoms with van der Waals surface area (Å²) in [7, 11) is 0. The van der Waals surface area contributed by atoms with Gasteiger partial charge in [0.25, 0.3) is 0 Å². The molecule has 5 heteroatoms. The lowest BCUT2D eigenvalue weighted by atomic mass is 9.79. The summed E-state index contributed by atoms with van der Waals surface area (Å²) in [5.74, 6) is -1.66. The first kappa shape index (κ1) is 36.8. The van der Waals surface area contributed by atoms with Crippen molar-refractivity contribution in [3.05, 3.63) is 185 Å². The number of allylic oxidation sites excluding steroid dienone is 7. The highest BCUT2D eigenvalue weighted by Gasteiger charge is 2.34. The fraction of sp³-hybridized carbons (Fsp3) is 0.143. The minimum Gasteiger partial charge on any atom is -0.504 e. The summed E-state index contributed by atoms with van der Waals surface area (Å²) in [4.78, 5) is 1.72. The van der Waals surface area contributed by atoms with E-state index in [1.165, 1.54) is 33.4 Å². The van der Waals surface area contributed by atoms with E-state index in [4.69, 9.17) is 0 Å². The number of fused-ring (bicyclic) bond motifs is 6. The van der Waals surface area contributed by atoms with Gasteiger partial charge in [-0.2, -0.15) is 0 Å². The molecule has 0 amide bonds. The van der Waals surface area contributed by atoms with Crippen molar-refractivity contribution in [3.8, 4) is 56.4 Å². The van der Waals surface area contributed by atoms with E-state index in [-0.39, 0.29) is 11.3 Å². The van der Waals surface area contributed by atoms with Crippen LogP contribution < -0.4 is 4.90 Å². The first-order valence-corrected chi connectivity index (χ1v) is 21.4. The molecule has 4 N–H and O–H groups in total. The van der Waals surface area contributed by atoms with E-state index in [2.05, 4.69) is 61.6 Å². The average molecular weight is 796 g/mol. The fourth-order valence-corrected chi connectivity index (χ4v) is 10.5. The van der Waals surface area contributed by atoms with Gasteiger partial charge in [-0.1, -0.05) is 128 Å². The number of hydrogen-bond donors (Lipinski definition) is 4. The first-order valence-electron chi connectivity index (χ1n) is 21.4. The molecule has 0 saturated carbocycles. The summed E-state index contributed by atoms with van der Waals surface area (Å²) in [5, 5.41) is 50.5. The molecule has 4 aliphatic carbocycles. The molecular formula is C56H45NO4. The van der Waals surface area contributed by atoms with Crippen molar-refractivity contribution in [1.29, 1.82) is 0 Å². The van der Waals surface area contributed by atoms with E-state index in [1.807, 2.05) is 97.1 Å². The number of aryl methyl sites for hydroxylation is 2. The van der Waals surface area contributed by atoms with Crippen molar-refractivity contribution in [2.24, 2.45) is 5.92 Å². The third kappa shape index (κ3) is 5.90. The maximum absolute atomic E-state index is 12.2. The molecule has 0 fully saturated rings. The molecule has 298 valence electrons. The molecule has 1 atom stereocenters. The van der Waals surface area contributed by atoms with E-state index >= 15 is 0 Å². The van der Waals surface area contributed by atoms with Gasteiger partial charge < -0.3 is 25.3 Å². The molecule has 1 unspecified atom stereocenters. The van der Waals surface area contributed by atoms with E-state index in [0.29, 0.717) is 22.9 Å². The highest BCUT2D eigenvalue weighted by Crippen LogP contribution is 2.60. The molecule has 11 rings (SSSR count). The molecule has 0 aromatic heterocycles. The zero-order valence-electron chi connectivity index (χ0n) is 34.0. The lowest BCUT2D eigenvalue weighted by Crippen LogP contribution is -2.12. The van der Waals surface area contributed by atoms with Crippen molar-refractivity contribution in [3.63, 3.8) is 0 Å². The number of nitrogens with zero attached hydrogens (tertiary/aromatic N) is 1. The number of rotatable bonds is 6. The van der Waals surface area contributed by atoms with Crippen molar-refractivity contribution < 1.29 is 20.4 Å². The standard InChI is InChI=1S/C56H45NO4/c1-33-13-12-17-39-29-40-26-24-35-23-25-36(31-46(35)50(40)49(33)39)37-27-28-48(45(30-37)34-14-4-2-5-15-34)57(41-18-6-3-7-19-41)52-55(60)53(58)51(54(59)56(52)61)47-32-38-16-8-9-20-42(38)43-21-10-11-22-44(43)47/h2-8,10-12,14-19,21-23,25,27-28,30-33,58-61H,9,13,20,24,26,29H2,1H3. The number of aromatic hydroxyl groups is 4. The van der Waals surface area contributed by atoms with Gasteiger partial charge in [0.05, 0.1) is 11.3 Å². The molecule has 0 saturated heterocycles. The van der Waals surface area contributed by atoms with Crippen LogP contribution in [0, 0.1) is 5.92 Å². The maximum atomic E-state index is 12.2. The van der Waals surface area contributed by atoms with Crippen molar-refractivity contribution in [2.45, 2.75) is 45.4 Å². The Balaban J connectivity index is 1.10. The van der Waals surface area contributed by atoms with Gasteiger partial charge in [0.2, 0.25) is 0 Å². The van der Waals surface area contributed by atoms with Crippen LogP contribution >= 0.6 is 0 Å². The quantitative estimate of drug-likeness (QED) is 0.0995. The van der Waals surface area contributed by atoms with Gasteiger partial charge in [0.1, 0.15) is 5.69 Å². The Morgan fingerprint density at radius 1 is 0.574 bits per heavy atom. The maximum Gasteiger partial charge on any atom is 0.186 e. The summed E-state index contributed by atoms with van der Waals surface area (Å²) >= 11 is 0. The van der Waals surface area contributed by atoms with Gasteiger partial charge in [-0.3, -0.25) is 0 Å². The second-order valence-electron chi connectivity index (χ2n) is 16.9. The lowest BCUT2D eigenvalue weighted by molar-refractivity contribution is 0.377. The van der Waals surface area contributed by atoms with Crippen molar-refractivity contribution >= 4 is 39.5 Å². The lowest BCUT2D eigenvalue weighted by Gasteiger charge is -2.30. The molecule has 7 aromatic carbocycles. The minimum absolute atomic E-state index is 0.0298. The molecule has 0 bridgehead atoms. The van der Waals surface area contributed by atoms with Crippen LogP contribution in [-0.2, 0) is 12.8 Å². The number of anilines is 3. The summed E-state index contributed by atoms with van der Waals surface area (Å²) in [6, 6.07) is 42.5. The summed E-state index contributed by atoms with van der Waals surface area (Å²) < 4.78 is 0. The largest absolute Gasteiger partial charge is 0.504 e. The molecule has 4 aliphatic rings. The van der Waals surface area contributed by atoms with Crippen LogP contribution in [0.4, 0.5) is 17.1 Å². The fourth-order valence-electron chi connectivity index (χ4n) is 10.5. The van der Waals surface area contributed by atoms with Crippen molar-refractivity contribution in [2.75, 3.05) is 4.90 Å². The summed E-state index contributed by atoms with van der Waals surface area (Å²) in [6.45, 7) is 2.35.